The summed E-state index contributed by atoms with van der Waals surface area (Å²) in [5.74, 6) is 0. The number of hydrogen-bond acceptors (Lipinski definition) is 4. The molecule has 0 atom stereocenters. The van der Waals surface area contributed by atoms with Crippen molar-refractivity contribution < 1.29 is 8.42 Å². The van der Waals surface area contributed by atoms with Gasteiger partial charge in [-0.3, -0.25) is 0 Å². The maximum Gasteiger partial charge on any atom is 0.258 e. The standard InChI is InChI=1S/C8H12BrN3O2S/c1-10-4-5-12-15(13,14)8-3-2-7(9)6-11-8/h2-3,6,10,12H,4-5H2,1H3. The van der Waals surface area contributed by atoms with Crippen LogP contribution in [0.25, 0.3) is 0 Å². The molecule has 1 aromatic heterocycles. The van der Waals surface area contributed by atoms with Crippen molar-refractivity contribution in [2.24, 2.45) is 0 Å². The summed E-state index contributed by atoms with van der Waals surface area (Å²) in [7, 11) is -1.72. The number of pyridine rings is 1. The van der Waals surface area contributed by atoms with Crippen molar-refractivity contribution >= 4 is 26.0 Å². The third-order valence-corrected chi connectivity index (χ3v) is 3.49. The van der Waals surface area contributed by atoms with Gasteiger partial charge in [-0.25, -0.2) is 18.1 Å². The first-order valence-electron chi connectivity index (χ1n) is 4.32. The molecule has 1 rings (SSSR count). The average Bonchev–Trinajstić information content (AvgIpc) is 2.18. The van der Waals surface area contributed by atoms with E-state index >= 15 is 0 Å². The summed E-state index contributed by atoms with van der Waals surface area (Å²) in [4.78, 5) is 3.81. The predicted octanol–water partition coefficient (Wildman–Crippen LogP) is 0.342. The van der Waals surface area contributed by atoms with Crippen LogP contribution >= 0.6 is 15.9 Å². The summed E-state index contributed by atoms with van der Waals surface area (Å²) in [6.45, 7) is 0.923. The van der Waals surface area contributed by atoms with Gasteiger partial charge in [-0.1, -0.05) is 0 Å². The van der Waals surface area contributed by atoms with Crippen LogP contribution in [0.5, 0.6) is 0 Å². The Labute approximate surface area is 97.5 Å². The summed E-state index contributed by atoms with van der Waals surface area (Å²) >= 11 is 3.19. The van der Waals surface area contributed by atoms with Gasteiger partial charge >= 0.3 is 0 Å². The normalized spacial score (nSPS) is 11.6. The number of hydrogen-bond donors (Lipinski definition) is 2. The van der Waals surface area contributed by atoms with E-state index < -0.39 is 10.0 Å². The summed E-state index contributed by atoms with van der Waals surface area (Å²) in [5, 5.41) is 2.88. The largest absolute Gasteiger partial charge is 0.318 e. The highest BCUT2D eigenvalue weighted by Gasteiger charge is 2.13. The molecule has 5 nitrogen and oxygen atoms in total. The molecule has 0 unspecified atom stereocenters. The molecule has 1 heterocycles. The van der Waals surface area contributed by atoms with Crippen LogP contribution in [-0.4, -0.2) is 33.5 Å². The Hall–Kier alpha value is -0.500. The zero-order valence-electron chi connectivity index (χ0n) is 8.20. The summed E-state index contributed by atoms with van der Waals surface area (Å²) < 4.78 is 26.4. The molecule has 0 bridgehead atoms. The van der Waals surface area contributed by atoms with Crippen LogP contribution in [0.15, 0.2) is 27.8 Å². The van der Waals surface area contributed by atoms with E-state index in [0.717, 1.165) is 4.47 Å². The molecular weight excluding hydrogens is 282 g/mol. The van der Waals surface area contributed by atoms with Crippen molar-refractivity contribution in [1.82, 2.24) is 15.0 Å². The Morgan fingerprint density at radius 3 is 2.67 bits per heavy atom. The van der Waals surface area contributed by atoms with Gasteiger partial charge < -0.3 is 5.32 Å². The van der Waals surface area contributed by atoms with E-state index in [4.69, 9.17) is 0 Å². The third kappa shape index (κ3) is 3.86. The van der Waals surface area contributed by atoms with E-state index in [0.29, 0.717) is 13.1 Å². The highest BCUT2D eigenvalue weighted by atomic mass is 79.9. The van der Waals surface area contributed by atoms with Crippen LogP contribution in [0.1, 0.15) is 0 Å². The van der Waals surface area contributed by atoms with E-state index in [1.165, 1.54) is 12.3 Å². The fourth-order valence-electron chi connectivity index (χ4n) is 0.906. The van der Waals surface area contributed by atoms with Gasteiger partial charge in [0.15, 0.2) is 5.03 Å². The van der Waals surface area contributed by atoms with Crippen molar-refractivity contribution in [3.05, 3.63) is 22.8 Å². The Kier molecular flexibility index (Phi) is 4.65. The van der Waals surface area contributed by atoms with Crippen LogP contribution in [0.4, 0.5) is 0 Å². The van der Waals surface area contributed by atoms with Gasteiger partial charge in [-0.2, -0.15) is 0 Å². The second-order valence-corrected chi connectivity index (χ2v) is 5.45. The molecule has 0 fully saturated rings. The zero-order chi connectivity index (χ0) is 11.3. The summed E-state index contributed by atoms with van der Waals surface area (Å²) in [6, 6.07) is 3.09. The Morgan fingerprint density at radius 1 is 1.40 bits per heavy atom. The SMILES string of the molecule is CNCCNS(=O)(=O)c1ccc(Br)cn1. The number of sulfonamides is 1. The lowest BCUT2D eigenvalue weighted by Gasteiger charge is -2.05. The van der Waals surface area contributed by atoms with Crippen LogP contribution in [0.3, 0.4) is 0 Å². The van der Waals surface area contributed by atoms with E-state index in [-0.39, 0.29) is 5.03 Å². The Bertz CT molecular complexity index is 404. The molecule has 15 heavy (non-hydrogen) atoms. The number of rotatable bonds is 5. The van der Waals surface area contributed by atoms with E-state index in [9.17, 15) is 8.42 Å². The average molecular weight is 294 g/mol. The van der Waals surface area contributed by atoms with Gasteiger partial charge in [0.2, 0.25) is 0 Å². The Morgan fingerprint density at radius 2 is 2.13 bits per heavy atom. The van der Waals surface area contributed by atoms with Gasteiger partial charge in [-0.15, -0.1) is 0 Å². The third-order valence-electron chi connectivity index (χ3n) is 1.64. The van der Waals surface area contributed by atoms with Crippen molar-refractivity contribution in [3.8, 4) is 0 Å². The van der Waals surface area contributed by atoms with Crippen molar-refractivity contribution in [2.75, 3.05) is 20.1 Å². The first-order chi connectivity index (χ1) is 7.06. The molecule has 0 aliphatic carbocycles. The molecule has 7 heteroatoms. The number of likely N-dealkylation sites (N-methyl/N-ethyl adjacent to an activating group) is 1. The molecule has 0 spiro atoms. The smallest absolute Gasteiger partial charge is 0.258 e. The summed E-state index contributed by atoms with van der Waals surface area (Å²) in [5.41, 5.74) is 0. The van der Waals surface area contributed by atoms with Gasteiger partial charge in [0.25, 0.3) is 10.0 Å². The minimum absolute atomic E-state index is 0.0294. The molecule has 0 saturated carbocycles. The molecule has 0 amide bonds. The predicted molar refractivity (Wildman–Crippen MR) is 61.1 cm³/mol. The van der Waals surface area contributed by atoms with Crippen LogP contribution in [0.2, 0.25) is 0 Å². The second kappa shape index (κ2) is 5.55. The molecule has 0 aliphatic rings. The first-order valence-corrected chi connectivity index (χ1v) is 6.59. The lowest BCUT2D eigenvalue weighted by atomic mass is 10.5. The number of nitrogens with zero attached hydrogens (tertiary/aromatic N) is 1. The minimum Gasteiger partial charge on any atom is -0.318 e. The van der Waals surface area contributed by atoms with Crippen molar-refractivity contribution in [1.29, 1.82) is 0 Å². The maximum atomic E-state index is 11.6. The minimum atomic E-state index is -3.47. The van der Waals surface area contributed by atoms with Crippen LogP contribution in [-0.2, 0) is 10.0 Å². The van der Waals surface area contributed by atoms with Crippen LogP contribution in [0, 0.1) is 0 Å². The quantitative estimate of drug-likeness (QED) is 0.768. The van der Waals surface area contributed by atoms with Gasteiger partial charge in [0.05, 0.1) is 0 Å². The van der Waals surface area contributed by atoms with Crippen LogP contribution < -0.4 is 10.0 Å². The molecule has 0 radical (unpaired) electrons. The number of aromatic nitrogens is 1. The molecular formula is C8H12BrN3O2S. The zero-order valence-corrected chi connectivity index (χ0v) is 10.6. The number of nitrogens with one attached hydrogen (secondary N) is 2. The monoisotopic (exact) mass is 293 g/mol. The molecule has 1 aromatic rings. The molecule has 0 aromatic carbocycles. The fourth-order valence-corrected chi connectivity index (χ4v) is 2.10. The maximum absolute atomic E-state index is 11.6. The molecule has 0 saturated heterocycles. The highest BCUT2D eigenvalue weighted by molar-refractivity contribution is 9.10. The van der Waals surface area contributed by atoms with E-state index in [1.807, 2.05) is 0 Å². The second-order valence-electron chi connectivity index (χ2n) is 2.82. The first kappa shape index (κ1) is 12.6. The lowest BCUT2D eigenvalue weighted by molar-refractivity contribution is 0.575. The lowest BCUT2D eigenvalue weighted by Crippen LogP contribution is -2.30. The van der Waals surface area contributed by atoms with E-state index in [1.54, 1.807) is 13.1 Å². The number of halogens is 1. The summed E-state index contributed by atoms with van der Waals surface area (Å²) in [6.07, 6.45) is 1.45. The van der Waals surface area contributed by atoms with E-state index in [2.05, 4.69) is 31.0 Å². The molecule has 0 aliphatic heterocycles. The van der Waals surface area contributed by atoms with Gasteiger partial charge in [0, 0.05) is 23.8 Å². The van der Waals surface area contributed by atoms with Crippen molar-refractivity contribution in [2.45, 2.75) is 5.03 Å². The topological polar surface area (TPSA) is 71.1 Å². The van der Waals surface area contributed by atoms with Gasteiger partial charge in [-0.05, 0) is 35.1 Å². The molecule has 84 valence electrons. The Balaban J connectivity index is 2.73. The fraction of sp³-hybridized carbons (Fsp3) is 0.375. The van der Waals surface area contributed by atoms with Gasteiger partial charge in [0.1, 0.15) is 0 Å². The highest BCUT2D eigenvalue weighted by Crippen LogP contribution is 2.10. The molecule has 2 N–H and O–H groups in total. The van der Waals surface area contributed by atoms with Crippen molar-refractivity contribution in [3.63, 3.8) is 0 Å².